The van der Waals surface area contributed by atoms with Crippen LogP contribution in [-0.2, 0) is 6.54 Å². The summed E-state index contributed by atoms with van der Waals surface area (Å²) in [6.07, 6.45) is 1.65. The van der Waals surface area contributed by atoms with Gasteiger partial charge >= 0.3 is 0 Å². The molecule has 0 saturated heterocycles. The first-order valence-electron chi connectivity index (χ1n) is 5.03. The second-order valence-electron chi connectivity index (χ2n) is 3.61. The summed E-state index contributed by atoms with van der Waals surface area (Å²) in [4.78, 5) is 10.8. The van der Waals surface area contributed by atoms with Crippen LogP contribution in [-0.4, -0.2) is 9.97 Å². The Morgan fingerprint density at radius 2 is 2.25 bits per heavy atom. The molecule has 0 saturated carbocycles. The molecule has 0 aliphatic carbocycles. The minimum atomic E-state index is 0.482. The zero-order valence-electron chi connectivity index (χ0n) is 9.32. The van der Waals surface area contributed by atoms with Gasteiger partial charge < -0.3 is 11.1 Å². The number of nitrogens with two attached hydrogens (primary N) is 1. The summed E-state index contributed by atoms with van der Waals surface area (Å²) >= 11 is 1.79. The third-order valence-electron chi connectivity index (χ3n) is 2.31. The predicted molar refractivity (Wildman–Crippen MR) is 67.6 cm³/mol. The van der Waals surface area contributed by atoms with E-state index in [1.165, 1.54) is 15.3 Å². The van der Waals surface area contributed by atoms with E-state index in [0.29, 0.717) is 11.8 Å². The molecule has 0 aromatic carbocycles. The fourth-order valence-corrected chi connectivity index (χ4v) is 2.35. The monoisotopic (exact) mass is 234 g/mol. The number of anilines is 2. The molecule has 5 heteroatoms. The number of aryl methyl sites for hydroxylation is 2. The Hall–Kier alpha value is -1.62. The fourth-order valence-electron chi connectivity index (χ4n) is 1.36. The van der Waals surface area contributed by atoms with Crippen molar-refractivity contribution >= 4 is 23.1 Å². The molecular weight excluding hydrogens is 220 g/mol. The highest BCUT2D eigenvalue weighted by atomic mass is 32.1. The van der Waals surface area contributed by atoms with Gasteiger partial charge in [0.15, 0.2) is 0 Å². The van der Waals surface area contributed by atoms with Crippen molar-refractivity contribution in [2.45, 2.75) is 20.4 Å². The van der Waals surface area contributed by atoms with Gasteiger partial charge in [-0.05, 0) is 31.5 Å². The number of aromatic nitrogens is 2. The zero-order valence-corrected chi connectivity index (χ0v) is 10.1. The first-order valence-corrected chi connectivity index (χ1v) is 5.85. The van der Waals surface area contributed by atoms with Gasteiger partial charge in [0.1, 0.15) is 5.82 Å². The van der Waals surface area contributed by atoms with E-state index in [4.69, 9.17) is 5.73 Å². The minimum absolute atomic E-state index is 0.482. The minimum Gasteiger partial charge on any atom is -0.384 e. The molecule has 2 heterocycles. The maximum absolute atomic E-state index is 5.57. The lowest BCUT2D eigenvalue weighted by Gasteiger charge is -2.02. The number of rotatable bonds is 3. The van der Waals surface area contributed by atoms with E-state index in [-0.39, 0.29) is 0 Å². The van der Waals surface area contributed by atoms with Gasteiger partial charge in [-0.1, -0.05) is 0 Å². The maximum Gasteiger partial charge on any atom is 0.224 e. The van der Waals surface area contributed by atoms with Crippen LogP contribution in [0, 0.1) is 13.8 Å². The van der Waals surface area contributed by atoms with Crippen molar-refractivity contribution in [2.75, 3.05) is 11.1 Å². The molecular formula is C11H14N4S. The standard InChI is InChI=1S/C11H14N4S/c1-7-5-9(16-8(7)2)6-14-11-13-4-3-10(12)15-11/h3-5H,6H2,1-2H3,(H3,12,13,14,15). The SMILES string of the molecule is Cc1cc(CNc2nccc(N)n2)sc1C. The van der Waals surface area contributed by atoms with Crippen LogP contribution in [0.4, 0.5) is 11.8 Å². The second-order valence-corrected chi connectivity index (χ2v) is 4.95. The molecule has 0 fully saturated rings. The summed E-state index contributed by atoms with van der Waals surface area (Å²) < 4.78 is 0. The molecule has 4 nitrogen and oxygen atoms in total. The first kappa shape index (κ1) is 10.9. The molecule has 2 aromatic rings. The molecule has 3 N–H and O–H groups in total. The molecule has 0 radical (unpaired) electrons. The summed E-state index contributed by atoms with van der Waals surface area (Å²) in [6.45, 7) is 4.98. The highest BCUT2D eigenvalue weighted by molar-refractivity contribution is 7.12. The van der Waals surface area contributed by atoms with Crippen LogP contribution in [0.15, 0.2) is 18.3 Å². The van der Waals surface area contributed by atoms with Crippen molar-refractivity contribution in [3.05, 3.63) is 33.6 Å². The third kappa shape index (κ3) is 2.49. The highest BCUT2D eigenvalue weighted by Gasteiger charge is 2.02. The number of thiophene rings is 1. The van der Waals surface area contributed by atoms with Crippen molar-refractivity contribution in [2.24, 2.45) is 0 Å². The molecule has 16 heavy (non-hydrogen) atoms. The molecule has 0 spiro atoms. The van der Waals surface area contributed by atoms with Gasteiger partial charge in [0.05, 0.1) is 6.54 Å². The Balaban J connectivity index is 2.02. The number of nitrogens with one attached hydrogen (secondary N) is 1. The summed E-state index contributed by atoms with van der Waals surface area (Å²) in [6, 6.07) is 3.85. The van der Waals surface area contributed by atoms with E-state index in [1.54, 1.807) is 23.6 Å². The molecule has 0 aliphatic heterocycles. The van der Waals surface area contributed by atoms with Crippen molar-refractivity contribution in [1.82, 2.24) is 9.97 Å². The smallest absolute Gasteiger partial charge is 0.224 e. The summed E-state index contributed by atoms with van der Waals surface area (Å²) in [5.41, 5.74) is 6.90. The van der Waals surface area contributed by atoms with E-state index < -0.39 is 0 Å². The van der Waals surface area contributed by atoms with E-state index in [1.807, 2.05) is 0 Å². The molecule has 0 bridgehead atoms. The molecule has 84 valence electrons. The Bertz CT molecular complexity index is 473. The Morgan fingerprint density at radius 3 is 2.88 bits per heavy atom. The van der Waals surface area contributed by atoms with E-state index in [9.17, 15) is 0 Å². The van der Waals surface area contributed by atoms with Crippen molar-refractivity contribution in [3.8, 4) is 0 Å². The van der Waals surface area contributed by atoms with Crippen LogP contribution in [0.3, 0.4) is 0 Å². The largest absolute Gasteiger partial charge is 0.384 e. The number of nitrogen functional groups attached to an aromatic ring is 1. The number of nitrogens with zero attached hydrogens (tertiary/aromatic N) is 2. The second kappa shape index (κ2) is 4.49. The van der Waals surface area contributed by atoms with Gasteiger partial charge in [-0.2, -0.15) is 4.98 Å². The van der Waals surface area contributed by atoms with Crippen LogP contribution in [0.25, 0.3) is 0 Å². The van der Waals surface area contributed by atoms with Crippen LogP contribution in [0.2, 0.25) is 0 Å². The van der Waals surface area contributed by atoms with Crippen molar-refractivity contribution in [3.63, 3.8) is 0 Å². The van der Waals surface area contributed by atoms with Gasteiger partial charge in [0.2, 0.25) is 5.95 Å². The summed E-state index contributed by atoms with van der Waals surface area (Å²) in [7, 11) is 0. The summed E-state index contributed by atoms with van der Waals surface area (Å²) in [5.74, 6) is 1.06. The lowest BCUT2D eigenvalue weighted by atomic mass is 10.3. The van der Waals surface area contributed by atoms with Gasteiger partial charge in [-0.3, -0.25) is 0 Å². The molecule has 0 unspecified atom stereocenters. The topological polar surface area (TPSA) is 63.8 Å². The number of hydrogen-bond donors (Lipinski definition) is 2. The Labute approximate surface area is 98.6 Å². The van der Waals surface area contributed by atoms with Crippen LogP contribution < -0.4 is 11.1 Å². The third-order valence-corrected chi connectivity index (χ3v) is 3.47. The Morgan fingerprint density at radius 1 is 1.44 bits per heavy atom. The van der Waals surface area contributed by atoms with E-state index in [0.717, 1.165) is 6.54 Å². The number of hydrogen-bond acceptors (Lipinski definition) is 5. The normalized spacial score (nSPS) is 10.4. The van der Waals surface area contributed by atoms with Crippen LogP contribution in [0.1, 0.15) is 15.3 Å². The van der Waals surface area contributed by atoms with Crippen LogP contribution >= 0.6 is 11.3 Å². The highest BCUT2D eigenvalue weighted by Crippen LogP contribution is 2.21. The molecule has 0 aliphatic rings. The lowest BCUT2D eigenvalue weighted by Crippen LogP contribution is -2.03. The molecule has 2 aromatic heterocycles. The Kier molecular flexibility index (Phi) is 3.05. The molecule has 2 rings (SSSR count). The van der Waals surface area contributed by atoms with Gasteiger partial charge in [0.25, 0.3) is 0 Å². The van der Waals surface area contributed by atoms with Crippen molar-refractivity contribution < 1.29 is 0 Å². The van der Waals surface area contributed by atoms with E-state index >= 15 is 0 Å². The van der Waals surface area contributed by atoms with Gasteiger partial charge in [-0.25, -0.2) is 4.98 Å². The van der Waals surface area contributed by atoms with E-state index in [2.05, 4.69) is 35.2 Å². The maximum atomic E-state index is 5.57. The predicted octanol–water partition coefficient (Wildman–Crippen LogP) is 2.35. The van der Waals surface area contributed by atoms with Gasteiger partial charge in [-0.15, -0.1) is 11.3 Å². The fraction of sp³-hybridized carbons (Fsp3) is 0.273. The average molecular weight is 234 g/mol. The van der Waals surface area contributed by atoms with Crippen molar-refractivity contribution in [1.29, 1.82) is 0 Å². The summed E-state index contributed by atoms with van der Waals surface area (Å²) in [5, 5.41) is 3.15. The first-order chi connectivity index (χ1) is 7.65. The average Bonchev–Trinajstić information content (AvgIpc) is 2.56. The van der Waals surface area contributed by atoms with Gasteiger partial charge in [0, 0.05) is 16.0 Å². The van der Waals surface area contributed by atoms with Crippen LogP contribution in [0.5, 0.6) is 0 Å². The molecule has 0 amide bonds. The molecule has 0 atom stereocenters. The zero-order chi connectivity index (χ0) is 11.5. The quantitative estimate of drug-likeness (QED) is 0.855. The lowest BCUT2D eigenvalue weighted by molar-refractivity contribution is 1.07.